The number of benzene rings is 2. The third-order valence-electron chi connectivity index (χ3n) is 4.19. The Bertz CT molecular complexity index is 976. The quantitative estimate of drug-likeness (QED) is 0.480. The number of nitrogens with one attached hydrogen (secondary N) is 1. The van der Waals surface area contributed by atoms with Crippen LogP contribution in [0.5, 0.6) is 5.75 Å². The summed E-state index contributed by atoms with van der Waals surface area (Å²) in [7, 11) is 1.49. The first kappa shape index (κ1) is 21.4. The molecule has 1 N–H and O–H groups in total. The van der Waals surface area contributed by atoms with Crippen molar-refractivity contribution in [2.75, 3.05) is 23.9 Å². The highest BCUT2D eigenvalue weighted by atomic mass is 19.4. The lowest BCUT2D eigenvalue weighted by Gasteiger charge is -2.23. The number of hydrogen-bond acceptors (Lipinski definition) is 5. The van der Waals surface area contributed by atoms with E-state index in [0.29, 0.717) is 23.7 Å². The lowest BCUT2D eigenvalue weighted by atomic mass is 10.2. The van der Waals surface area contributed by atoms with E-state index in [9.17, 15) is 17.6 Å². The Morgan fingerprint density at radius 3 is 2.30 bits per heavy atom. The fourth-order valence-electron chi connectivity index (χ4n) is 2.66. The molecule has 1 heterocycles. The monoisotopic (exact) mass is 420 g/mol. The van der Waals surface area contributed by atoms with Gasteiger partial charge in [0.25, 0.3) is 0 Å². The van der Waals surface area contributed by atoms with Crippen LogP contribution in [0.1, 0.15) is 18.9 Å². The van der Waals surface area contributed by atoms with Gasteiger partial charge in [0.15, 0.2) is 5.82 Å². The molecular formula is C21H20F4N4O. The Morgan fingerprint density at radius 2 is 1.70 bits per heavy atom. The average Bonchev–Trinajstić information content (AvgIpc) is 2.73. The zero-order valence-electron chi connectivity index (χ0n) is 16.4. The Hall–Kier alpha value is -3.36. The summed E-state index contributed by atoms with van der Waals surface area (Å²) >= 11 is 0. The van der Waals surface area contributed by atoms with Crippen molar-refractivity contribution >= 4 is 23.1 Å². The number of halogens is 4. The molecule has 0 aliphatic heterocycles. The van der Waals surface area contributed by atoms with Gasteiger partial charge in [-0.3, -0.25) is 0 Å². The highest BCUT2D eigenvalue weighted by Gasteiger charge is 2.36. The van der Waals surface area contributed by atoms with Gasteiger partial charge in [-0.05, 0) is 55.0 Å². The van der Waals surface area contributed by atoms with Crippen LogP contribution < -0.4 is 15.0 Å². The predicted octanol–water partition coefficient (Wildman–Crippen LogP) is 5.93. The molecule has 2 aromatic carbocycles. The van der Waals surface area contributed by atoms with Crippen molar-refractivity contribution in [3.05, 3.63) is 66.1 Å². The minimum atomic E-state index is -4.64. The molecule has 0 unspecified atom stereocenters. The zero-order chi connectivity index (χ0) is 21.7. The molecule has 0 fully saturated rings. The predicted molar refractivity (Wildman–Crippen MR) is 107 cm³/mol. The second kappa shape index (κ2) is 8.98. The van der Waals surface area contributed by atoms with E-state index in [1.807, 2.05) is 6.92 Å². The molecule has 0 amide bonds. The Morgan fingerprint density at radius 1 is 1.03 bits per heavy atom. The van der Waals surface area contributed by atoms with E-state index < -0.39 is 17.6 Å². The average molecular weight is 420 g/mol. The standard InChI is InChI=1S/C21H20F4N4O/c1-3-12-30-17-10-8-16(9-11-17)29(2)19-18(21(23,24)25)13-26-20(28-19)27-15-6-4-14(22)5-7-15/h4-11,13H,3,12H2,1-2H3,(H,26,27,28). The van der Waals surface area contributed by atoms with Crippen LogP contribution in [0.25, 0.3) is 0 Å². The molecule has 3 aromatic rings. The third kappa shape index (κ3) is 5.16. The summed E-state index contributed by atoms with van der Waals surface area (Å²) in [6.45, 7) is 2.53. The molecule has 0 radical (unpaired) electrons. The van der Waals surface area contributed by atoms with Gasteiger partial charge in [0.2, 0.25) is 5.95 Å². The van der Waals surface area contributed by atoms with Crippen LogP contribution in [-0.2, 0) is 6.18 Å². The Kier molecular flexibility index (Phi) is 6.39. The SMILES string of the molecule is CCCOc1ccc(N(C)c2nc(Nc3ccc(F)cc3)ncc2C(F)(F)F)cc1. The topological polar surface area (TPSA) is 50.3 Å². The van der Waals surface area contributed by atoms with Crippen LogP contribution >= 0.6 is 0 Å². The van der Waals surface area contributed by atoms with Crippen molar-refractivity contribution in [2.24, 2.45) is 0 Å². The summed E-state index contributed by atoms with van der Waals surface area (Å²) in [5.41, 5.74) is -0.0288. The normalized spacial score (nSPS) is 11.3. The number of hydrogen-bond donors (Lipinski definition) is 1. The van der Waals surface area contributed by atoms with E-state index in [1.54, 1.807) is 24.3 Å². The first-order valence-electron chi connectivity index (χ1n) is 9.21. The first-order chi connectivity index (χ1) is 14.3. The number of ether oxygens (including phenoxy) is 1. The summed E-state index contributed by atoms with van der Waals surface area (Å²) in [5, 5.41) is 2.79. The fraction of sp³-hybridized carbons (Fsp3) is 0.238. The molecule has 0 saturated heterocycles. The van der Waals surface area contributed by atoms with E-state index in [2.05, 4.69) is 15.3 Å². The Balaban J connectivity index is 1.92. The van der Waals surface area contributed by atoms with Gasteiger partial charge in [-0.25, -0.2) is 9.37 Å². The van der Waals surface area contributed by atoms with Crippen LogP contribution in [-0.4, -0.2) is 23.6 Å². The van der Waals surface area contributed by atoms with Crippen LogP contribution in [0, 0.1) is 5.82 Å². The molecular weight excluding hydrogens is 400 g/mol. The van der Waals surface area contributed by atoms with Gasteiger partial charge in [0, 0.05) is 24.6 Å². The number of alkyl halides is 3. The molecule has 0 atom stereocenters. The van der Waals surface area contributed by atoms with Crippen molar-refractivity contribution in [1.82, 2.24) is 9.97 Å². The third-order valence-corrected chi connectivity index (χ3v) is 4.19. The molecule has 0 saturated carbocycles. The van der Waals surface area contributed by atoms with Crippen LogP contribution in [0.4, 0.5) is 40.7 Å². The molecule has 9 heteroatoms. The van der Waals surface area contributed by atoms with Gasteiger partial charge in [-0.2, -0.15) is 18.2 Å². The van der Waals surface area contributed by atoms with Crippen molar-refractivity contribution in [2.45, 2.75) is 19.5 Å². The van der Waals surface area contributed by atoms with Crippen LogP contribution in [0.3, 0.4) is 0 Å². The van der Waals surface area contributed by atoms with Crippen LogP contribution in [0.15, 0.2) is 54.7 Å². The molecule has 0 bridgehead atoms. The summed E-state index contributed by atoms with van der Waals surface area (Å²) in [6.07, 6.45) is -3.06. The molecule has 0 spiro atoms. The summed E-state index contributed by atoms with van der Waals surface area (Å²) < 4.78 is 59.2. The second-order valence-corrected chi connectivity index (χ2v) is 6.46. The molecule has 1 aromatic heterocycles. The number of anilines is 4. The van der Waals surface area contributed by atoms with Gasteiger partial charge in [-0.1, -0.05) is 6.92 Å². The number of aromatic nitrogens is 2. The van der Waals surface area contributed by atoms with Gasteiger partial charge < -0.3 is 15.0 Å². The van der Waals surface area contributed by atoms with Gasteiger partial charge in [-0.15, -0.1) is 0 Å². The van der Waals surface area contributed by atoms with Crippen LogP contribution in [0.2, 0.25) is 0 Å². The first-order valence-corrected chi connectivity index (χ1v) is 9.21. The van der Waals surface area contributed by atoms with Gasteiger partial charge in [0.1, 0.15) is 17.1 Å². The smallest absolute Gasteiger partial charge is 0.421 e. The van der Waals surface area contributed by atoms with E-state index in [4.69, 9.17) is 4.74 Å². The molecule has 0 aliphatic rings. The lowest BCUT2D eigenvalue weighted by molar-refractivity contribution is -0.137. The molecule has 5 nitrogen and oxygen atoms in total. The van der Waals surface area contributed by atoms with Crippen molar-refractivity contribution in [3.63, 3.8) is 0 Å². The minimum Gasteiger partial charge on any atom is -0.494 e. The van der Waals surface area contributed by atoms with E-state index in [0.717, 1.165) is 12.6 Å². The lowest BCUT2D eigenvalue weighted by Crippen LogP contribution is -2.19. The summed E-state index contributed by atoms with van der Waals surface area (Å²) in [5.74, 6) is -0.157. The van der Waals surface area contributed by atoms with E-state index >= 15 is 0 Å². The maximum Gasteiger partial charge on any atom is 0.421 e. The maximum absolute atomic E-state index is 13.5. The second-order valence-electron chi connectivity index (χ2n) is 6.46. The highest BCUT2D eigenvalue weighted by molar-refractivity contribution is 5.65. The Labute approximate surface area is 171 Å². The highest BCUT2D eigenvalue weighted by Crippen LogP contribution is 2.38. The molecule has 30 heavy (non-hydrogen) atoms. The van der Waals surface area contributed by atoms with E-state index in [1.165, 1.54) is 36.2 Å². The maximum atomic E-state index is 13.5. The summed E-state index contributed by atoms with van der Waals surface area (Å²) in [4.78, 5) is 9.15. The molecule has 158 valence electrons. The van der Waals surface area contributed by atoms with Crippen molar-refractivity contribution in [3.8, 4) is 5.75 Å². The zero-order valence-corrected chi connectivity index (χ0v) is 16.4. The summed E-state index contributed by atoms with van der Waals surface area (Å²) in [6, 6.07) is 12.0. The van der Waals surface area contributed by atoms with Gasteiger partial charge >= 0.3 is 6.18 Å². The number of rotatable bonds is 7. The van der Waals surface area contributed by atoms with Crippen molar-refractivity contribution in [1.29, 1.82) is 0 Å². The largest absolute Gasteiger partial charge is 0.494 e. The van der Waals surface area contributed by atoms with E-state index in [-0.39, 0.29) is 11.8 Å². The number of nitrogens with zero attached hydrogens (tertiary/aromatic N) is 3. The van der Waals surface area contributed by atoms with Gasteiger partial charge in [0.05, 0.1) is 6.61 Å². The molecule has 0 aliphatic carbocycles. The fourth-order valence-corrected chi connectivity index (χ4v) is 2.66. The van der Waals surface area contributed by atoms with Crippen molar-refractivity contribution < 1.29 is 22.3 Å². The minimum absolute atomic E-state index is 0.0423. The molecule has 3 rings (SSSR count).